The minimum absolute atomic E-state index is 1.75. The van der Waals surface area contributed by atoms with Gasteiger partial charge in [0.05, 0.1) is 0 Å². The molecule has 0 aromatic rings. The van der Waals surface area contributed by atoms with Crippen molar-refractivity contribution in [1.29, 1.82) is 0 Å². The van der Waals surface area contributed by atoms with Crippen LogP contribution < -0.4 is 0 Å². The van der Waals surface area contributed by atoms with Crippen molar-refractivity contribution < 1.29 is 0 Å². The Morgan fingerprint density at radius 3 is 1.14 bits per heavy atom. The van der Waals surface area contributed by atoms with Crippen LogP contribution in [0, 0.1) is 0 Å². The molecule has 0 bridgehead atoms. The van der Waals surface area contributed by atoms with Crippen molar-refractivity contribution in [1.82, 2.24) is 0 Å². The Morgan fingerprint density at radius 2 is 1.14 bits per heavy atom. The normalized spacial score (nSPS) is 7.29. The molecule has 0 saturated carbocycles. The zero-order chi connectivity index (χ0) is 6.12. The van der Waals surface area contributed by atoms with Crippen LogP contribution >= 0.6 is 0 Å². The molecule has 0 fully saturated rings. The first-order valence-electron chi connectivity index (χ1n) is 2.47. The lowest BCUT2D eigenvalue weighted by molar-refractivity contribution is 1.64. The smallest absolute Gasteiger partial charge is 0.0470 e. The van der Waals surface area contributed by atoms with E-state index in [-0.39, 0.29) is 0 Å². The van der Waals surface area contributed by atoms with E-state index >= 15 is 0 Å². The summed E-state index contributed by atoms with van der Waals surface area (Å²) in [5.41, 5.74) is 0. The second-order valence-electron chi connectivity index (χ2n) is 1.07. The minimum Gasteiger partial charge on any atom is -0.103 e. The predicted molar refractivity (Wildman–Crippen MR) is 36.4 cm³/mol. The van der Waals surface area contributed by atoms with Crippen LogP contribution in [-0.4, -0.2) is 0 Å². The van der Waals surface area contributed by atoms with Gasteiger partial charge in [-0.05, 0) is 20.8 Å². The molecule has 0 aromatic heterocycles. The molecule has 0 radical (unpaired) electrons. The van der Waals surface area contributed by atoms with Crippen molar-refractivity contribution >= 4 is 0 Å². The molecule has 0 aromatic carbocycles. The van der Waals surface area contributed by atoms with Gasteiger partial charge in [0.15, 0.2) is 0 Å². The summed E-state index contributed by atoms with van der Waals surface area (Å²) >= 11 is 0. The highest BCUT2D eigenvalue weighted by atomic mass is 13.4. The van der Waals surface area contributed by atoms with Gasteiger partial charge < -0.3 is 0 Å². The van der Waals surface area contributed by atoms with E-state index in [1.165, 1.54) is 0 Å². The Labute approximate surface area is 46.6 Å². The number of rotatable bonds is 0. The average Bonchev–Trinajstić information content (AvgIpc) is 1.69. The average molecular weight is 98.2 g/mol. The van der Waals surface area contributed by atoms with Crippen LogP contribution in [0.1, 0.15) is 20.8 Å². The first-order chi connectivity index (χ1) is 3.33. The SMILES string of the molecule is C=CC.CC=CC. The third kappa shape index (κ3) is 288. The minimum atomic E-state index is 1.75. The van der Waals surface area contributed by atoms with Crippen LogP contribution in [0.4, 0.5) is 0 Å². The zero-order valence-electron chi connectivity index (χ0n) is 5.44. The van der Waals surface area contributed by atoms with Crippen LogP contribution in [-0.2, 0) is 0 Å². The van der Waals surface area contributed by atoms with Crippen molar-refractivity contribution in [2.24, 2.45) is 0 Å². The second kappa shape index (κ2) is 17.9. The zero-order valence-corrected chi connectivity index (χ0v) is 5.44. The van der Waals surface area contributed by atoms with E-state index in [1.807, 2.05) is 32.9 Å². The summed E-state index contributed by atoms with van der Waals surface area (Å²) in [5.74, 6) is 0. The fourth-order valence-corrected chi connectivity index (χ4v) is 0. The van der Waals surface area contributed by atoms with Gasteiger partial charge in [0, 0.05) is 0 Å². The van der Waals surface area contributed by atoms with E-state index in [9.17, 15) is 0 Å². The van der Waals surface area contributed by atoms with Gasteiger partial charge in [-0.2, -0.15) is 0 Å². The molecule has 0 heteroatoms. The van der Waals surface area contributed by atoms with Crippen LogP contribution in [0.2, 0.25) is 0 Å². The molecule has 42 valence electrons. The summed E-state index contributed by atoms with van der Waals surface area (Å²) in [6.07, 6.45) is 5.75. The van der Waals surface area contributed by atoms with Crippen molar-refractivity contribution in [3.05, 3.63) is 24.8 Å². The number of hydrogen-bond donors (Lipinski definition) is 0. The van der Waals surface area contributed by atoms with Crippen LogP contribution in [0.5, 0.6) is 0 Å². The third-order valence-electron chi connectivity index (χ3n) is 0.333. The molecule has 0 unspecified atom stereocenters. The maximum absolute atomic E-state index is 3.36. The van der Waals surface area contributed by atoms with Gasteiger partial charge in [-0.25, -0.2) is 0 Å². The Morgan fingerprint density at radius 1 is 1.00 bits per heavy atom. The van der Waals surface area contributed by atoms with Gasteiger partial charge in [-0.3, -0.25) is 0 Å². The number of hydrogen-bond acceptors (Lipinski definition) is 0. The van der Waals surface area contributed by atoms with Crippen LogP contribution in [0.25, 0.3) is 0 Å². The van der Waals surface area contributed by atoms with Gasteiger partial charge >= 0.3 is 0 Å². The molecular weight excluding hydrogens is 84.1 g/mol. The quantitative estimate of drug-likeness (QED) is 0.409. The highest BCUT2D eigenvalue weighted by Gasteiger charge is 1.34. The largest absolute Gasteiger partial charge is 0.103 e. The van der Waals surface area contributed by atoms with E-state index in [1.54, 1.807) is 6.08 Å². The molecule has 0 atom stereocenters. The first-order valence-corrected chi connectivity index (χ1v) is 2.47. The lowest BCUT2D eigenvalue weighted by Crippen LogP contribution is -1.26. The summed E-state index contributed by atoms with van der Waals surface area (Å²) in [6.45, 7) is 9.25. The van der Waals surface area contributed by atoms with E-state index in [2.05, 4.69) is 6.58 Å². The molecule has 0 aliphatic rings. The Hall–Kier alpha value is -0.520. The molecule has 0 saturated heterocycles. The van der Waals surface area contributed by atoms with Crippen molar-refractivity contribution in [3.63, 3.8) is 0 Å². The van der Waals surface area contributed by atoms with E-state index in [0.29, 0.717) is 0 Å². The van der Waals surface area contributed by atoms with Gasteiger partial charge in [0.2, 0.25) is 0 Å². The molecule has 0 N–H and O–H groups in total. The van der Waals surface area contributed by atoms with E-state index < -0.39 is 0 Å². The maximum atomic E-state index is 3.36. The highest BCUT2D eigenvalue weighted by molar-refractivity contribution is 4.68. The fourth-order valence-electron chi connectivity index (χ4n) is 0. The van der Waals surface area contributed by atoms with E-state index in [0.717, 1.165) is 0 Å². The first kappa shape index (κ1) is 9.70. The second-order valence-corrected chi connectivity index (χ2v) is 1.07. The van der Waals surface area contributed by atoms with E-state index in [4.69, 9.17) is 0 Å². The molecule has 0 aliphatic carbocycles. The van der Waals surface area contributed by atoms with Gasteiger partial charge in [-0.15, -0.1) is 6.58 Å². The van der Waals surface area contributed by atoms with Gasteiger partial charge in [0.25, 0.3) is 0 Å². The summed E-state index contributed by atoms with van der Waals surface area (Å²) in [6, 6.07) is 0. The van der Waals surface area contributed by atoms with Gasteiger partial charge in [0.1, 0.15) is 0 Å². The molecule has 0 amide bonds. The summed E-state index contributed by atoms with van der Waals surface area (Å²) in [5, 5.41) is 0. The lowest BCUT2D eigenvalue weighted by Gasteiger charge is -1.49. The molecule has 0 rings (SSSR count). The maximum Gasteiger partial charge on any atom is -0.0470 e. The van der Waals surface area contributed by atoms with Gasteiger partial charge in [-0.1, -0.05) is 18.2 Å². The van der Waals surface area contributed by atoms with Crippen molar-refractivity contribution in [3.8, 4) is 0 Å². The lowest BCUT2D eigenvalue weighted by atomic mass is 10.6. The molecule has 0 heterocycles. The fraction of sp³-hybridized carbons (Fsp3) is 0.429. The standard InChI is InChI=1S/C4H8.C3H6/c1-3-4-2;1-3-2/h3-4H,1-2H3;3H,1H2,2H3. The number of allylic oxidation sites excluding steroid dienone is 3. The van der Waals surface area contributed by atoms with Crippen molar-refractivity contribution in [2.45, 2.75) is 20.8 Å². The van der Waals surface area contributed by atoms with Crippen molar-refractivity contribution in [2.75, 3.05) is 0 Å². The molecule has 0 nitrogen and oxygen atoms in total. The predicted octanol–water partition coefficient (Wildman–Crippen LogP) is 2.77. The molecule has 7 heavy (non-hydrogen) atoms. The Bertz CT molecular complexity index is 38.0. The van der Waals surface area contributed by atoms with Crippen LogP contribution in [0.3, 0.4) is 0 Å². The Balaban J connectivity index is 0. The Kier molecular flexibility index (Phi) is 24.8. The van der Waals surface area contributed by atoms with Crippen LogP contribution in [0.15, 0.2) is 24.8 Å². The monoisotopic (exact) mass is 98.1 g/mol. The summed E-state index contributed by atoms with van der Waals surface area (Å²) < 4.78 is 0. The molecule has 0 spiro atoms. The summed E-state index contributed by atoms with van der Waals surface area (Å²) in [4.78, 5) is 0. The molecule has 0 aliphatic heterocycles. The third-order valence-corrected chi connectivity index (χ3v) is 0.333. The highest BCUT2D eigenvalue weighted by Crippen LogP contribution is 1.57. The topological polar surface area (TPSA) is 0 Å². The molecular formula is C7H14. The summed E-state index contributed by atoms with van der Waals surface area (Å²) in [7, 11) is 0.